The summed E-state index contributed by atoms with van der Waals surface area (Å²) in [6, 6.07) is 5.36. The van der Waals surface area contributed by atoms with Gasteiger partial charge in [-0.2, -0.15) is 0 Å². The zero-order valence-corrected chi connectivity index (χ0v) is 13.7. The van der Waals surface area contributed by atoms with Crippen LogP contribution in [0.25, 0.3) is 0 Å². The minimum atomic E-state index is -0.452. The molecule has 1 aromatic rings. The molecule has 0 aliphatic rings. The molecule has 0 fully saturated rings. The predicted octanol–water partition coefficient (Wildman–Crippen LogP) is 3.96. The van der Waals surface area contributed by atoms with Gasteiger partial charge in [-0.05, 0) is 37.7 Å². The molecular weight excluding hydrogens is 299 g/mol. The Morgan fingerprint density at radius 2 is 2.00 bits per heavy atom. The third-order valence-electron chi connectivity index (χ3n) is 2.95. The van der Waals surface area contributed by atoms with Gasteiger partial charge in [0, 0.05) is 17.3 Å². The van der Waals surface area contributed by atoms with Crippen molar-refractivity contribution >= 4 is 35.8 Å². The largest absolute Gasteiger partial charge is 0.448 e. The molecule has 1 aromatic carbocycles. The first-order valence-corrected chi connectivity index (χ1v) is 6.86. The molecule has 0 unspecified atom stereocenters. The summed E-state index contributed by atoms with van der Waals surface area (Å²) in [5, 5.41) is 3.28. The Balaban J connectivity index is 0.00000361. The summed E-state index contributed by atoms with van der Waals surface area (Å²) in [7, 11) is 0. The van der Waals surface area contributed by atoms with E-state index in [0.29, 0.717) is 17.3 Å². The molecule has 0 heterocycles. The van der Waals surface area contributed by atoms with Crippen LogP contribution in [0.1, 0.15) is 19.4 Å². The Morgan fingerprint density at radius 1 is 1.35 bits per heavy atom. The highest BCUT2D eigenvalue weighted by molar-refractivity contribution is 6.31. The van der Waals surface area contributed by atoms with Crippen LogP contribution in [0.2, 0.25) is 5.02 Å². The highest BCUT2D eigenvalue weighted by Crippen LogP contribution is 2.19. The zero-order valence-electron chi connectivity index (χ0n) is 12.1. The van der Waals surface area contributed by atoms with Gasteiger partial charge in [-0.3, -0.25) is 5.32 Å². The quantitative estimate of drug-likeness (QED) is 0.862. The fourth-order valence-corrected chi connectivity index (χ4v) is 1.81. The van der Waals surface area contributed by atoms with Crippen molar-refractivity contribution in [2.45, 2.75) is 20.8 Å². The van der Waals surface area contributed by atoms with Crippen molar-refractivity contribution in [3.63, 3.8) is 0 Å². The summed E-state index contributed by atoms with van der Waals surface area (Å²) in [5.74, 6) is 0. The van der Waals surface area contributed by atoms with E-state index in [1.165, 1.54) is 0 Å². The minimum Gasteiger partial charge on any atom is -0.448 e. The molecule has 0 saturated heterocycles. The lowest BCUT2D eigenvalue weighted by Crippen LogP contribution is -2.28. The molecule has 0 spiro atoms. The number of anilines is 1. The predicted molar refractivity (Wildman–Crippen MR) is 86.2 cm³/mol. The number of halogens is 2. The van der Waals surface area contributed by atoms with Gasteiger partial charge in [-0.15, -0.1) is 12.4 Å². The number of amides is 1. The molecule has 114 valence electrons. The molecule has 0 aromatic heterocycles. The summed E-state index contributed by atoms with van der Waals surface area (Å²) >= 11 is 5.98. The highest BCUT2D eigenvalue weighted by atomic mass is 35.5. The zero-order chi connectivity index (χ0) is 14.3. The maximum Gasteiger partial charge on any atom is 0.411 e. The van der Waals surface area contributed by atoms with Gasteiger partial charge in [0.2, 0.25) is 0 Å². The van der Waals surface area contributed by atoms with E-state index in [4.69, 9.17) is 16.3 Å². The van der Waals surface area contributed by atoms with Crippen molar-refractivity contribution < 1.29 is 9.53 Å². The van der Waals surface area contributed by atoms with Crippen LogP contribution in [0.5, 0.6) is 0 Å². The average molecular weight is 321 g/mol. The molecule has 0 atom stereocenters. The van der Waals surface area contributed by atoms with Crippen LogP contribution in [0.4, 0.5) is 10.5 Å². The van der Waals surface area contributed by atoms with Crippen LogP contribution >= 0.6 is 24.0 Å². The second-order valence-corrected chi connectivity index (χ2v) is 4.66. The number of likely N-dealkylation sites (N-methyl/N-ethyl adjacent to an activating group) is 1. The monoisotopic (exact) mass is 320 g/mol. The summed E-state index contributed by atoms with van der Waals surface area (Å²) in [6.07, 6.45) is -0.452. The van der Waals surface area contributed by atoms with E-state index in [1.54, 1.807) is 12.1 Å². The lowest BCUT2D eigenvalue weighted by atomic mass is 10.2. The average Bonchev–Trinajstić information content (AvgIpc) is 2.39. The van der Waals surface area contributed by atoms with Crippen molar-refractivity contribution in [2.24, 2.45) is 0 Å². The number of carbonyl (C=O) groups is 1. The van der Waals surface area contributed by atoms with Gasteiger partial charge in [0.15, 0.2) is 0 Å². The van der Waals surface area contributed by atoms with Crippen LogP contribution in [-0.2, 0) is 4.74 Å². The summed E-state index contributed by atoms with van der Waals surface area (Å²) in [4.78, 5) is 13.8. The number of hydrogen-bond acceptors (Lipinski definition) is 3. The standard InChI is InChI=1S/C14H21ClN2O2.ClH/c1-4-17(5-2)8-9-19-14(18)16-12-7-6-11(3)13(15)10-12;/h6-7,10H,4-5,8-9H2,1-3H3,(H,16,18);1H. The number of carbonyl (C=O) groups excluding carboxylic acids is 1. The minimum absolute atomic E-state index is 0. The highest BCUT2D eigenvalue weighted by Gasteiger charge is 2.06. The smallest absolute Gasteiger partial charge is 0.411 e. The van der Waals surface area contributed by atoms with E-state index in [9.17, 15) is 4.79 Å². The summed E-state index contributed by atoms with van der Waals surface area (Å²) in [6.45, 7) is 9.11. The van der Waals surface area contributed by atoms with Gasteiger partial charge in [0.25, 0.3) is 0 Å². The van der Waals surface area contributed by atoms with E-state index in [-0.39, 0.29) is 12.4 Å². The van der Waals surface area contributed by atoms with Gasteiger partial charge in [0.05, 0.1) is 0 Å². The Bertz CT molecular complexity index is 424. The van der Waals surface area contributed by atoms with Crippen LogP contribution < -0.4 is 5.32 Å². The van der Waals surface area contributed by atoms with E-state index < -0.39 is 6.09 Å². The Hall–Kier alpha value is -0.970. The molecule has 0 aliphatic heterocycles. The van der Waals surface area contributed by atoms with E-state index in [0.717, 1.165) is 25.2 Å². The number of aryl methyl sites for hydroxylation is 1. The van der Waals surface area contributed by atoms with Gasteiger partial charge < -0.3 is 9.64 Å². The fraction of sp³-hybridized carbons (Fsp3) is 0.500. The second kappa shape index (κ2) is 9.86. The van der Waals surface area contributed by atoms with Crippen molar-refractivity contribution in [3.8, 4) is 0 Å². The Morgan fingerprint density at radius 3 is 2.55 bits per heavy atom. The number of hydrogen-bond donors (Lipinski definition) is 1. The lowest BCUT2D eigenvalue weighted by molar-refractivity contribution is 0.142. The number of nitrogens with one attached hydrogen (secondary N) is 1. The lowest BCUT2D eigenvalue weighted by Gasteiger charge is -2.17. The fourth-order valence-electron chi connectivity index (χ4n) is 1.63. The van der Waals surface area contributed by atoms with Crippen LogP contribution in [0.15, 0.2) is 18.2 Å². The topological polar surface area (TPSA) is 41.6 Å². The Labute approximate surface area is 131 Å². The van der Waals surface area contributed by atoms with Gasteiger partial charge in [-0.25, -0.2) is 4.79 Å². The molecule has 6 heteroatoms. The van der Waals surface area contributed by atoms with E-state index in [2.05, 4.69) is 24.1 Å². The van der Waals surface area contributed by atoms with E-state index in [1.807, 2.05) is 13.0 Å². The van der Waals surface area contributed by atoms with Gasteiger partial charge >= 0.3 is 6.09 Å². The number of ether oxygens (including phenoxy) is 1. The molecule has 1 amide bonds. The molecular formula is C14H22Cl2N2O2. The number of rotatable bonds is 6. The number of nitrogens with zero attached hydrogens (tertiary/aromatic N) is 1. The third-order valence-corrected chi connectivity index (χ3v) is 3.36. The van der Waals surface area contributed by atoms with Crippen molar-refractivity contribution in [1.29, 1.82) is 0 Å². The maximum atomic E-state index is 11.6. The van der Waals surface area contributed by atoms with Crippen LogP contribution in [0.3, 0.4) is 0 Å². The normalized spacial score (nSPS) is 10.1. The maximum absolute atomic E-state index is 11.6. The first-order valence-electron chi connectivity index (χ1n) is 6.49. The molecule has 0 aliphatic carbocycles. The first-order chi connectivity index (χ1) is 9.06. The summed E-state index contributed by atoms with van der Waals surface area (Å²) in [5.41, 5.74) is 1.62. The second-order valence-electron chi connectivity index (χ2n) is 4.25. The molecule has 4 nitrogen and oxygen atoms in total. The first kappa shape index (κ1) is 19.0. The van der Waals surface area contributed by atoms with Crippen molar-refractivity contribution in [3.05, 3.63) is 28.8 Å². The van der Waals surface area contributed by atoms with E-state index >= 15 is 0 Å². The SMILES string of the molecule is CCN(CC)CCOC(=O)Nc1ccc(C)c(Cl)c1.Cl. The van der Waals surface area contributed by atoms with Crippen molar-refractivity contribution in [1.82, 2.24) is 4.90 Å². The molecule has 0 bridgehead atoms. The molecule has 0 saturated carbocycles. The third kappa shape index (κ3) is 6.46. The molecule has 1 rings (SSSR count). The van der Waals surface area contributed by atoms with Gasteiger partial charge in [0.1, 0.15) is 6.61 Å². The van der Waals surface area contributed by atoms with Gasteiger partial charge in [-0.1, -0.05) is 31.5 Å². The Kier molecular flexibility index (Phi) is 9.38. The van der Waals surface area contributed by atoms with Crippen molar-refractivity contribution in [2.75, 3.05) is 31.6 Å². The van der Waals surface area contributed by atoms with Crippen LogP contribution in [-0.4, -0.2) is 37.2 Å². The number of benzene rings is 1. The molecule has 20 heavy (non-hydrogen) atoms. The van der Waals surface area contributed by atoms with Crippen LogP contribution in [0, 0.1) is 6.92 Å². The summed E-state index contributed by atoms with van der Waals surface area (Å²) < 4.78 is 5.12. The molecule has 0 radical (unpaired) electrons. The molecule has 1 N–H and O–H groups in total.